The van der Waals surface area contributed by atoms with E-state index in [2.05, 4.69) is 15.4 Å². The fraction of sp³-hybridized carbons (Fsp3) is 0.846. The molecule has 1 aromatic heterocycles. The van der Waals surface area contributed by atoms with Gasteiger partial charge in [-0.25, -0.2) is 4.98 Å². The Hall–Kier alpha value is -0.940. The zero-order chi connectivity index (χ0) is 12.6. The summed E-state index contributed by atoms with van der Waals surface area (Å²) in [5.41, 5.74) is 0. The molecule has 1 aliphatic heterocycles. The minimum atomic E-state index is 0.745. The van der Waals surface area contributed by atoms with Gasteiger partial charge >= 0.3 is 0 Å². The second kappa shape index (κ2) is 7.48. The monoisotopic (exact) mass is 252 g/mol. The van der Waals surface area contributed by atoms with Crippen LogP contribution in [0.5, 0.6) is 0 Å². The third-order valence-electron chi connectivity index (χ3n) is 3.51. The molecule has 0 spiro atoms. The van der Waals surface area contributed by atoms with Crippen LogP contribution < -0.4 is 5.32 Å². The highest BCUT2D eigenvalue weighted by Crippen LogP contribution is 2.20. The molecule has 0 aromatic carbocycles. The molecular weight excluding hydrogens is 228 g/mol. The first-order valence-corrected chi connectivity index (χ1v) is 6.99. The van der Waals surface area contributed by atoms with Gasteiger partial charge in [-0.15, -0.1) is 0 Å². The van der Waals surface area contributed by atoms with Crippen LogP contribution in [0.3, 0.4) is 0 Å². The first-order valence-electron chi connectivity index (χ1n) is 6.99. The molecule has 2 rings (SSSR count). The molecule has 5 nitrogen and oxygen atoms in total. The lowest BCUT2D eigenvalue weighted by Crippen LogP contribution is -2.15. The Kier molecular flexibility index (Phi) is 5.61. The lowest BCUT2D eigenvalue weighted by Gasteiger charge is -2.21. The first kappa shape index (κ1) is 13.5. The van der Waals surface area contributed by atoms with Gasteiger partial charge in [-0.3, -0.25) is 4.68 Å². The Labute approximate surface area is 109 Å². The quantitative estimate of drug-likeness (QED) is 0.749. The van der Waals surface area contributed by atoms with Crippen LogP contribution in [0.4, 0.5) is 0 Å². The van der Waals surface area contributed by atoms with Crippen LogP contribution in [-0.4, -0.2) is 35.0 Å². The van der Waals surface area contributed by atoms with E-state index in [1.54, 1.807) is 0 Å². The maximum atomic E-state index is 5.37. The van der Waals surface area contributed by atoms with Crippen molar-refractivity contribution in [3.8, 4) is 0 Å². The van der Waals surface area contributed by atoms with Gasteiger partial charge in [-0.1, -0.05) is 12.8 Å². The molecule has 0 atom stereocenters. The lowest BCUT2D eigenvalue weighted by atomic mass is 9.94. The van der Waals surface area contributed by atoms with Crippen LogP contribution in [0.25, 0.3) is 0 Å². The SMILES string of the molecule is CNCc1ncn(CCCCC2CCOCC2)n1. The minimum Gasteiger partial charge on any atom is -0.381 e. The Balaban J connectivity index is 1.59. The van der Waals surface area contributed by atoms with Gasteiger partial charge in [0.25, 0.3) is 0 Å². The van der Waals surface area contributed by atoms with Crippen LogP contribution in [-0.2, 0) is 17.8 Å². The highest BCUT2D eigenvalue weighted by molar-refractivity contribution is 4.79. The van der Waals surface area contributed by atoms with Gasteiger partial charge in [0, 0.05) is 19.8 Å². The predicted octanol–water partition coefficient (Wildman–Crippen LogP) is 1.59. The van der Waals surface area contributed by atoms with Crippen molar-refractivity contribution < 1.29 is 4.74 Å². The number of aryl methyl sites for hydroxylation is 1. The molecule has 1 aliphatic rings. The van der Waals surface area contributed by atoms with E-state index < -0.39 is 0 Å². The van der Waals surface area contributed by atoms with Crippen LogP contribution >= 0.6 is 0 Å². The fourth-order valence-electron chi connectivity index (χ4n) is 2.42. The number of unbranched alkanes of at least 4 members (excludes halogenated alkanes) is 1. The van der Waals surface area contributed by atoms with Crippen molar-refractivity contribution in [2.75, 3.05) is 20.3 Å². The molecule has 2 heterocycles. The number of ether oxygens (including phenoxy) is 1. The molecule has 1 aromatic rings. The number of hydrogen-bond donors (Lipinski definition) is 1. The summed E-state index contributed by atoms with van der Waals surface area (Å²) in [7, 11) is 1.91. The van der Waals surface area contributed by atoms with E-state index in [4.69, 9.17) is 4.74 Å². The Morgan fingerprint density at radius 1 is 1.39 bits per heavy atom. The van der Waals surface area contributed by atoms with Gasteiger partial charge in [0.1, 0.15) is 6.33 Å². The van der Waals surface area contributed by atoms with Crippen LogP contribution in [0.2, 0.25) is 0 Å². The van der Waals surface area contributed by atoms with Gasteiger partial charge < -0.3 is 10.1 Å². The molecule has 0 bridgehead atoms. The van der Waals surface area contributed by atoms with E-state index in [1.165, 1.54) is 32.1 Å². The summed E-state index contributed by atoms with van der Waals surface area (Å²) in [6, 6.07) is 0. The number of nitrogens with zero attached hydrogens (tertiary/aromatic N) is 3. The fourth-order valence-corrected chi connectivity index (χ4v) is 2.42. The molecule has 0 unspecified atom stereocenters. The second-order valence-electron chi connectivity index (χ2n) is 5.01. The normalized spacial score (nSPS) is 17.2. The van der Waals surface area contributed by atoms with E-state index >= 15 is 0 Å². The van der Waals surface area contributed by atoms with Gasteiger partial charge in [-0.2, -0.15) is 5.10 Å². The third kappa shape index (κ3) is 4.38. The van der Waals surface area contributed by atoms with E-state index in [-0.39, 0.29) is 0 Å². The lowest BCUT2D eigenvalue weighted by molar-refractivity contribution is 0.0630. The molecule has 1 saturated heterocycles. The Morgan fingerprint density at radius 2 is 2.22 bits per heavy atom. The smallest absolute Gasteiger partial charge is 0.164 e. The number of hydrogen-bond acceptors (Lipinski definition) is 4. The highest BCUT2D eigenvalue weighted by Gasteiger charge is 2.12. The summed E-state index contributed by atoms with van der Waals surface area (Å²) in [5.74, 6) is 1.76. The van der Waals surface area contributed by atoms with Crippen molar-refractivity contribution in [2.24, 2.45) is 5.92 Å². The van der Waals surface area contributed by atoms with E-state index in [9.17, 15) is 0 Å². The Bertz CT molecular complexity index is 333. The summed E-state index contributed by atoms with van der Waals surface area (Å²) in [4.78, 5) is 4.25. The van der Waals surface area contributed by atoms with Gasteiger partial charge in [0.05, 0.1) is 6.54 Å². The van der Waals surface area contributed by atoms with Crippen molar-refractivity contribution in [3.05, 3.63) is 12.2 Å². The molecule has 102 valence electrons. The maximum absolute atomic E-state index is 5.37. The number of rotatable bonds is 7. The summed E-state index contributed by atoms with van der Waals surface area (Å²) < 4.78 is 7.33. The third-order valence-corrected chi connectivity index (χ3v) is 3.51. The largest absolute Gasteiger partial charge is 0.381 e. The minimum absolute atomic E-state index is 0.745. The number of nitrogens with one attached hydrogen (secondary N) is 1. The summed E-state index contributed by atoms with van der Waals surface area (Å²) in [6.07, 6.45) is 8.14. The average molecular weight is 252 g/mol. The topological polar surface area (TPSA) is 52.0 Å². The first-order chi connectivity index (χ1) is 8.88. The summed E-state index contributed by atoms with van der Waals surface area (Å²) in [5, 5.41) is 7.46. The van der Waals surface area contributed by atoms with E-state index in [0.29, 0.717) is 0 Å². The average Bonchev–Trinajstić information content (AvgIpc) is 2.84. The predicted molar refractivity (Wildman–Crippen MR) is 70.2 cm³/mol. The van der Waals surface area contributed by atoms with E-state index in [1.807, 2.05) is 18.1 Å². The van der Waals surface area contributed by atoms with Crippen molar-refractivity contribution in [3.63, 3.8) is 0 Å². The van der Waals surface area contributed by atoms with Gasteiger partial charge in [0.15, 0.2) is 5.82 Å². The van der Waals surface area contributed by atoms with Crippen molar-refractivity contribution >= 4 is 0 Å². The van der Waals surface area contributed by atoms with Crippen LogP contribution in [0.1, 0.15) is 37.9 Å². The van der Waals surface area contributed by atoms with Crippen molar-refractivity contribution in [1.82, 2.24) is 20.1 Å². The van der Waals surface area contributed by atoms with Gasteiger partial charge in [0.2, 0.25) is 0 Å². The molecule has 5 heteroatoms. The van der Waals surface area contributed by atoms with Crippen LogP contribution in [0.15, 0.2) is 6.33 Å². The summed E-state index contributed by atoms with van der Waals surface area (Å²) >= 11 is 0. The van der Waals surface area contributed by atoms with Crippen LogP contribution in [0, 0.1) is 5.92 Å². The summed E-state index contributed by atoms with van der Waals surface area (Å²) in [6.45, 7) is 3.65. The Morgan fingerprint density at radius 3 is 3.00 bits per heavy atom. The standard InChI is InChI=1S/C13H24N4O/c1-14-10-13-15-11-17(16-13)7-3-2-4-12-5-8-18-9-6-12/h11-12,14H,2-10H2,1H3. The zero-order valence-electron chi connectivity index (χ0n) is 11.3. The molecule has 0 aliphatic carbocycles. The molecular formula is C13H24N4O. The molecule has 0 radical (unpaired) electrons. The molecule has 0 saturated carbocycles. The molecule has 1 fully saturated rings. The molecule has 1 N–H and O–H groups in total. The maximum Gasteiger partial charge on any atom is 0.164 e. The molecule has 18 heavy (non-hydrogen) atoms. The van der Waals surface area contributed by atoms with E-state index in [0.717, 1.165) is 38.0 Å². The highest BCUT2D eigenvalue weighted by atomic mass is 16.5. The number of aromatic nitrogens is 3. The molecule has 0 amide bonds. The van der Waals surface area contributed by atoms with Gasteiger partial charge in [-0.05, 0) is 32.2 Å². The van der Waals surface area contributed by atoms with Crippen molar-refractivity contribution in [1.29, 1.82) is 0 Å². The zero-order valence-corrected chi connectivity index (χ0v) is 11.3. The second-order valence-corrected chi connectivity index (χ2v) is 5.01. The van der Waals surface area contributed by atoms with Crippen molar-refractivity contribution in [2.45, 2.75) is 45.2 Å².